The Hall–Kier alpha value is -1.06. The summed E-state index contributed by atoms with van der Waals surface area (Å²) in [4.78, 5) is 13.7. The van der Waals surface area contributed by atoms with E-state index < -0.39 is 0 Å². The molecule has 0 aliphatic carbocycles. The number of amides is 1. The zero-order chi connectivity index (χ0) is 13.3. The third-order valence-electron chi connectivity index (χ3n) is 3.59. The normalized spacial score (nSPS) is 18.7. The van der Waals surface area contributed by atoms with Crippen molar-refractivity contribution in [3.8, 4) is 0 Å². The van der Waals surface area contributed by atoms with Crippen molar-refractivity contribution < 1.29 is 4.79 Å². The molecule has 4 heteroatoms. The van der Waals surface area contributed by atoms with Gasteiger partial charge in [0.25, 0.3) is 0 Å². The molecule has 1 aliphatic rings. The van der Waals surface area contributed by atoms with Crippen LogP contribution in [0.3, 0.4) is 0 Å². The van der Waals surface area contributed by atoms with Crippen LogP contribution < -0.4 is 10.6 Å². The van der Waals surface area contributed by atoms with Gasteiger partial charge >= 0.3 is 0 Å². The smallest absolute Gasteiger partial charge is 0.223 e. The maximum absolute atomic E-state index is 11.8. The first kappa shape index (κ1) is 13.4. The van der Waals surface area contributed by atoms with Gasteiger partial charge in [-0.05, 0) is 49.4 Å². The van der Waals surface area contributed by atoms with E-state index in [2.05, 4.69) is 0 Å². The maximum Gasteiger partial charge on any atom is 0.223 e. The molecule has 1 aromatic rings. The third kappa shape index (κ3) is 2.38. The molecular weight excluding hydrogens is 248 g/mol. The van der Waals surface area contributed by atoms with Gasteiger partial charge in [-0.3, -0.25) is 4.79 Å². The number of halogens is 1. The van der Waals surface area contributed by atoms with Crippen LogP contribution in [-0.4, -0.2) is 19.0 Å². The fourth-order valence-electron chi connectivity index (χ4n) is 2.72. The first-order valence-corrected chi connectivity index (χ1v) is 6.68. The largest absolute Gasteiger partial charge is 0.330 e. The van der Waals surface area contributed by atoms with E-state index >= 15 is 0 Å². The van der Waals surface area contributed by atoms with Crippen LogP contribution in [0.4, 0.5) is 5.69 Å². The van der Waals surface area contributed by atoms with Crippen molar-refractivity contribution >= 4 is 23.2 Å². The van der Waals surface area contributed by atoms with Crippen molar-refractivity contribution in [1.82, 2.24) is 0 Å². The highest BCUT2D eigenvalue weighted by Gasteiger charge is 2.29. The van der Waals surface area contributed by atoms with Gasteiger partial charge in [0, 0.05) is 18.5 Å². The van der Waals surface area contributed by atoms with Gasteiger partial charge in [-0.25, -0.2) is 0 Å². The van der Waals surface area contributed by atoms with Crippen molar-refractivity contribution in [3.05, 3.63) is 28.3 Å². The average Bonchev–Trinajstić information content (AvgIpc) is 2.33. The second kappa shape index (κ2) is 5.29. The van der Waals surface area contributed by atoms with Crippen molar-refractivity contribution in [1.29, 1.82) is 0 Å². The first-order chi connectivity index (χ1) is 8.54. The molecule has 0 saturated heterocycles. The third-order valence-corrected chi connectivity index (χ3v) is 3.94. The van der Waals surface area contributed by atoms with E-state index in [1.54, 1.807) is 6.92 Å². The van der Waals surface area contributed by atoms with Gasteiger partial charge in [-0.1, -0.05) is 17.7 Å². The van der Waals surface area contributed by atoms with Crippen LogP contribution in [0.5, 0.6) is 0 Å². The Labute approximate surface area is 113 Å². The number of hydrogen-bond acceptors (Lipinski definition) is 2. The molecule has 1 unspecified atom stereocenters. The van der Waals surface area contributed by atoms with Gasteiger partial charge in [0.2, 0.25) is 5.91 Å². The fraction of sp³-hybridized carbons (Fsp3) is 0.500. The number of carbonyl (C=O) groups excluding carboxylic acids is 1. The number of rotatable bonds is 2. The molecule has 0 fully saturated rings. The lowest BCUT2D eigenvalue weighted by molar-refractivity contribution is -0.116. The van der Waals surface area contributed by atoms with E-state index in [-0.39, 0.29) is 5.91 Å². The molecule has 0 spiro atoms. The minimum Gasteiger partial charge on any atom is -0.330 e. The molecular formula is C14H19ClN2O. The van der Waals surface area contributed by atoms with Crippen LogP contribution in [-0.2, 0) is 11.2 Å². The van der Waals surface area contributed by atoms with Gasteiger partial charge in [0.05, 0.1) is 5.69 Å². The molecule has 1 amide bonds. The minimum absolute atomic E-state index is 0.0725. The quantitative estimate of drug-likeness (QED) is 0.894. The molecule has 2 rings (SSSR count). The van der Waals surface area contributed by atoms with Crippen LogP contribution in [0, 0.1) is 12.8 Å². The topological polar surface area (TPSA) is 46.3 Å². The lowest BCUT2D eigenvalue weighted by Gasteiger charge is -2.35. The molecule has 0 aromatic heterocycles. The van der Waals surface area contributed by atoms with E-state index in [9.17, 15) is 4.79 Å². The van der Waals surface area contributed by atoms with Crippen molar-refractivity contribution in [3.63, 3.8) is 0 Å². The Morgan fingerprint density at radius 2 is 2.28 bits per heavy atom. The highest BCUT2D eigenvalue weighted by molar-refractivity contribution is 6.32. The number of fused-ring (bicyclic) bond motifs is 1. The van der Waals surface area contributed by atoms with E-state index in [0.717, 1.165) is 41.2 Å². The van der Waals surface area contributed by atoms with Gasteiger partial charge < -0.3 is 10.6 Å². The van der Waals surface area contributed by atoms with E-state index in [4.69, 9.17) is 17.3 Å². The Morgan fingerprint density at radius 1 is 1.56 bits per heavy atom. The lowest BCUT2D eigenvalue weighted by atomic mass is 9.88. The summed E-state index contributed by atoms with van der Waals surface area (Å²) in [6.45, 7) is 5.03. The van der Waals surface area contributed by atoms with Crippen LogP contribution in [0.15, 0.2) is 12.1 Å². The summed E-state index contributed by atoms with van der Waals surface area (Å²) in [5.74, 6) is 0.481. The number of anilines is 1. The van der Waals surface area contributed by atoms with Gasteiger partial charge in [-0.15, -0.1) is 0 Å². The van der Waals surface area contributed by atoms with Gasteiger partial charge in [-0.2, -0.15) is 0 Å². The standard InChI is InChI=1S/C14H19ClN2O/c1-9-3-4-13(15)12-7-11(5-6-16)8-17(10(2)18)14(9)12/h3-4,11H,5-8,16H2,1-2H3. The highest BCUT2D eigenvalue weighted by Crippen LogP contribution is 2.38. The molecule has 1 aromatic carbocycles. The Bertz CT molecular complexity index is 473. The molecule has 0 bridgehead atoms. The Kier molecular flexibility index (Phi) is 3.93. The Morgan fingerprint density at radius 3 is 2.89 bits per heavy atom. The lowest BCUT2D eigenvalue weighted by Crippen LogP contribution is -2.40. The maximum atomic E-state index is 11.8. The van der Waals surface area contributed by atoms with Crippen LogP contribution in [0.2, 0.25) is 5.02 Å². The summed E-state index contributed by atoms with van der Waals surface area (Å²) in [6.07, 6.45) is 1.84. The number of aryl methyl sites for hydroxylation is 1. The predicted molar refractivity (Wildman–Crippen MR) is 75.1 cm³/mol. The number of hydrogen-bond donors (Lipinski definition) is 1. The molecule has 3 nitrogen and oxygen atoms in total. The fourth-order valence-corrected chi connectivity index (χ4v) is 2.95. The molecule has 1 aliphatic heterocycles. The number of benzene rings is 1. The van der Waals surface area contributed by atoms with E-state index in [0.29, 0.717) is 12.5 Å². The molecule has 0 saturated carbocycles. The van der Waals surface area contributed by atoms with E-state index in [1.165, 1.54) is 0 Å². The molecule has 98 valence electrons. The zero-order valence-corrected chi connectivity index (χ0v) is 11.6. The summed E-state index contributed by atoms with van der Waals surface area (Å²) in [6, 6.07) is 3.89. The van der Waals surface area contributed by atoms with Crippen LogP contribution in [0.25, 0.3) is 0 Å². The second-order valence-corrected chi connectivity index (χ2v) is 5.38. The number of nitrogens with two attached hydrogens (primary N) is 1. The number of nitrogens with zero attached hydrogens (tertiary/aromatic N) is 1. The summed E-state index contributed by atoms with van der Waals surface area (Å²) in [5.41, 5.74) is 8.84. The van der Waals surface area contributed by atoms with Crippen molar-refractivity contribution in [2.75, 3.05) is 18.0 Å². The molecule has 0 radical (unpaired) electrons. The summed E-state index contributed by atoms with van der Waals surface area (Å²) >= 11 is 6.28. The van der Waals surface area contributed by atoms with Crippen LogP contribution >= 0.6 is 11.6 Å². The second-order valence-electron chi connectivity index (χ2n) is 4.97. The Balaban J connectivity index is 2.47. The molecule has 1 atom stereocenters. The van der Waals surface area contributed by atoms with Gasteiger partial charge in [0.1, 0.15) is 0 Å². The SMILES string of the molecule is CC(=O)N1CC(CCN)Cc2c(Cl)ccc(C)c21. The first-order valence-electron chi connectivity index (χ1n) is 6.30. The van der Waals surface area contributed by atoms with Crippen molar-refractivity contribution in [2.24, 2.45) is 11.7 Å². The highest BCUT2D eigenvalue weighted by atomic mass is 35.5. The zero-order valence-electron chi connectivity index (χ0n) is 10.9. The number of carbonyl (C=O) groups is 1. The molecule has 2 N–H and O–H groups in total. The minimum atomic E-state index is 0.0725. The van der Waals surface area contributed by atoms with Crippen molar-refractivity contribution in [2.45, 2.75) is 26.7 Å². The van der Waals surface area contributed by atoms with Gasteiger partial charge in [0.15, 0.2) is 0 Å². The molecule has 1 heterocycles. The summed E-state index contributed by atoms with van der Waals surface area (Å²) in [5, 5.41) is 0.753. The summed E-state index contributed by atoms with van der Waals surface area (Å²) < 4.78 is 0. The van der Waals surface area contributed by atoms with E-state index in [1.807, 2.05) is 24.0 Å². The summed E-state index contributed by atoms with van der Waals surface area (Å²) in [7, 11) is 0. The predicted octanol–water partition coefficient (Wildman–Crippen LogP) is 2.52. The van der Waals surface area contributed by atoms with Crippen LogP contribution in [0.1, 0.15) is 24.5 Å². The molecule has 18 heavy (non-hydrogen) atoms. The average molecular weight is 267 g/mol. The monoisotopic (exact) mass is 266 g/mol.